The first kappa shape index (κ1) is 9.27. The van der Waals surface area contributed by atoms with Gasteiger partial charge in [0.25, 0.3) is 0 Å². The number of anilines is 1. The fraction of sp³-hybridized carbons (Fsp3) is 0.300. The monoisotopic (exact) mass is 207 g/mol. The molecule has 0 saturated heterocycles. The van der Waals surface area contributed by atoms with Crippen molar-refractivity contribution in [3.63, 3.8) is 0 Å². The Bertz CT molecular complexity index is 376. The molecule has 0 spiro atoms. The van der Waals surface area contributed by atoms with Crippen molar-refractivity contribution in [2.24, 2.45) is 0 Å². The van der Waals surface area contributed by atoms with Crippen LogP contribution < -0.4 is 5.73 Å². The lowest BCUT2D eigenvalue weighted by Gasteiger charge is -1.92. The van der Waals surface area contributed by atoms with Crippen LogP contribution in [0.3, 0.4) is 0 Å². The molecular weight excluding hydrogens is 194 g/mol. The molecule has 0 fully saturated rings. The molecule has 74 valence electrons. The van der Waals surface area contributed by atoms with Crippen LogP contribution in [-0.4, -0.2) is 10.2 Å². The molecule has 14 heavy (non-hydrogen) atoms. The predicted octanol–water partition coefficient (Wildman–Crippen LogP) is 2.15. The summed E-state index contributed by atoms with van der Waals surface area (Å²) in [5.41, 5.74) is 7.91. The quantitative estimate of drug-likeness (QED) is 0.810. The van der Waals surface area contributed by atoms with E-state index in [1.165, 1.54) is 10.4 Å². The third kappa shape index (κ3) is 2.14. The Morgan fingerprint density at radius 2 is 2.29 bits per heavy atom. The third-order valence-electron chi connectivity index (χ3n) is 2.06. The van der Waals surface area contributed by atoms with Crippen molar-refractivity contribution in [1.29, 1.82) is 0 Å². The maximum Gasteiger partial charge on any atom is 0.119 e. The van der Waals surface area contributed by atoms with Gasteiger partial charge in [-0.15, -0.1) is 11.3 Å². The first-order valence-corrected chi connectivity index (χ1v) is 5.46. The lowest BCUT2D eigenvalue weighted by atomic mass is 10.2. The molecule has 0 bridgehead atoms. The van der Waals surface area contributed by atoms with E-state index < -0.39 is 0 Å². The predicted molar refractivity (Wildman–Crippen MR) is 59.5 cm³/mol. The fourth-order valence-corrected chi connectivity index (χ4v) is 2.26. The van der Waals surface area contributed by atoms with Crippen molar-refractivity contribution in [3.8, 4) is 0 Å². The van der Waals surface area contributed by atoms with E-state index in [0.29, 0.717) is 5.82 Å². The second-order valence-electron chi connectivity index (χ2n) is 3.40. The van der Waals surface area contributed by atoms with E-state index in [-0.39, 0.29) is 0 Å². The van der Waals surface area contributed by atoms with Gasteiger partial charge in [0.15, 0.2) is 0 Å². The summed E-state index contributed by atoms with van der Waals surface area (Å²) < 4.78 is 0. The molecule has 0 aliphatic carbocycles. The van der Waals surface area contributed by atoms with Crippen LogP contribution in [-0.2, 0) is 12.8 Å². The van der Waals surface area contributed by atoms with E-state index in [2.05, 4.69) is 28.6 Å². The third-order valence-corrected chi connectivity index (χ3v) is 3.18. The number of nitrogens with two attached hydrogens (primary N) is 1. The second kappa shape index (κ2) is 3.84. The van der Waals surface area contributed by atoms with Crippen LogP contribution in [0.25, 0.3) is 0 Å². The van der Waals surface area contributed by atoms with Gasteiger partial charge in [0.05, 0.1) is 5.69 Å². The van der Waals surface area contributed by atoms with E-state index in [9.17, 15) is 0 Å². The summed E-state index contributed by atoms with van der Waals surface area (Å²) in [7, 11) is 0. The van der Waals surface area contributed by atoms with Gasteiger partial charge in [-0.25, -0.2) is 0 Å². The van der Waals surface area contributed by atoms with E-state index in [1.54, 1.807) is 11.3 Å². The van der Waals surface area contributed by atoms with E-state index in [1.807, 2.05) is 6.07 Å². The van der Waals surface area contributed by atoms with Gasteiger partial charge >= 0.3 is 0 Å². The van der Waals surface area contributed by atoms with Crippen molar-refractivity contribution in [3.05, 3.63) is 33.6 Å². The number of nitrogens with zero attached hydrogens (tertiary/aromatic N) is 1. The minimum Gasteiger partial charge on any atom is -0.384 e. The number of aromatic amines is 1. The zero-order valence-electron chi connectivity index (χ0n) is 8.08. The molecular formula is C10H13N3S. The van der Waals surface area contributed by atoms with E-state index >= 15 is 0 Å². The first-order valence-electron chi connectivity index (χ1n) is 4.58. The highest BCUT2D eigenvalue weighted by Gasteiger charge is 2.01. The minimum absolute atomic E-state index is 0.641. The molecule has 0 unspecified atom stereocenters. The molecule has 0 aliphatic rings. The zero-order chi connectivity index (χ0) is 9.97. The molecule has 2 aromatic rings. The van der Waals surface area contributed by atoms with Crippen molar-refractivity contribution in [2.45, 2.75) is 19.8 Å². The molecule has 0 saturated carbocycles. The highest BCUT2D eigenvalue weighted by molar-refractivity contribution is 7.10. The van der Waals surface area contributed by atoms with Crippen LogP contribution in [0.2, 0.25) is 0 Å². The largest absolute Gasteiger partial charge is 0.384 e. The molecule has 2 aromatic heterocycles. The van der Waals surface area contributed by atoms with Crippen LogP contribution >= 0.6 is 11.3 Å². The van der Waals surface area contributed by atoms with Gasteiger partial charge in [0.1, 0.15) is 5.82 Å². The number of rotatable bonds is 3. The molecule has 0 radical (unpaired) electrons. The standard InChI is InChI=1S/C10H13N3S/c1-7-4-9(14-6-7)3-2-8-5-10(11)13-12-8/h4-6H,2-3H2,1H3,(H3,11,12,13). The lowest BCUT2D eigenvalue weighted by Crippen LogP contribution is -1.88. The summed E-state index contributed by atoms with van der Waals surface area (Å²) in [4.78, 5) is 1.41. The number of H-pyrrole nitrogens is 1. The summed E-state index contributed by atoms with van der Waals surface area (Å²) in [5.74, 6) is 0.641. The van der Waals surface area contributed by atoms with Gasteiger partial charge in [0, 0.05) is 10.9 Å². The molecule has 0 atom stereocenters. The average Bonchev–Trinajstić information content (AvgIpc) is 2.72. The number of aryl methyl sites for hydroxylation is 3. The number of hydrogen-bond donors (Lipinski definition) is 2. The van der Waals surface area contributed by atoms with Crippen LogP contribution in [0, 0.1) is 6.92 Å². The molecule has 4 heteroatoms. The molecule has 3 nitrogen and oxygen atoms in total. The Morgan fingerprint density at radius 3 is 2.86 bits per heavy atom. The number of nitrogens with one attached hydrogen (secondary N) is 1. The number of hydrogen-bond acceptors (Lipinski definition) is 3. The molecule has 2 heterocycles. The molecule has 0 amide bonds. The first-order chi connectivity index (χ1) is 6.74. The van der Waals surface area contributed by atoms with Gasteiger partial charge in [-0.05, 0) is 36.8 Å². The van der Waals surface area contributed by atoms with Crippen LogP contribution in [0.1, 0.15) is 16.1 Å². The van der Waals surface area contributed by atoms with Crippen LogP contribution in [0.4, 0.5) is 5.82 Å². The maximum atomic E-state index is 5.54. The molecule has 2 rings (SSSR count). The van der Waals surface area contributed by atoms with Crippen molar-refractivity contribution < 1.29 is 0 Å². The van der Waals surface area contributed by atoms with Gasteiger partial charge in [-0.1, -0.05) is 0 Å². The highest BCUT2D eigenvalue weighted by atomic mass is 32.1. The lowest BCUT2D eigenvalue weighted by molar-refractivity contribution is 0.904. The van der Waals surface area contributed by atoms with Crippen LogP contribution in [0.15, 0.2) is 17.5 Å². The topological polar surface area (TPSA) is 54.7 Å². The minimum atomic E-state index is 0.641. The zero-order valence-corrected chi connectivity index (χ0v) is 8.90. The number of thiophene rings is 1. The van der Waals surface area contributed by atoms with Gasteiger partial charge in [-0.2, -0.15) is 5.10 Å². The fourth-order valence-electron chi connectivity index (χ4n) is 1.38. The summed E-state index contributed by atoms with van der Waals surface area (Å²) in [6, 6.07) is 4.11. The Morgan fingerprint density at radius 1 is 1.43 bits per heavy atom. The SMILES string of the molecule is Cc1csc(CCc2cc(N)[nH]n2)c1. The smallest absolute Gasteiger partial charge is 0.119 e. The van der Waals surface area contributed by atoms with E-state index in [0.717, 1.165) is 18.5 Å². The number of aromatic nitrogens is 2. The molecule has 3 N–H and O–H groups in total. The second-order valence-corrected chi connectivity index (χ2v) is 4.40. The Balaban J connectivity index is 1.94. The molecule has 0 aromatic carbocycles. The summed E-state index contributed by atoms with van der Waals surface area (Å²) in [6.45, 7) is 2.12. The Labute approximate surface area is 87.0 Å². The summed E-state index contributed by atoms with van der Waals surface area (Å²) >= 11 is 1.81. The Hall–Kier alpha value is -1.29. The maximum absolute atomic E-state index is 5.54. The van der Waals surface area contributed by atoms with E-state index in [4.69, 9.17) is 5.73 Å². The average molecular weight is 207 g/mol. The number of nitrogen functional groups attached to an aromatic ring is 1. The van der Waals surface area contributed by atoms with Crippen molar-refractivity contribution >= 4 is 17.2 Å². The summed E-state index contributed by atoms with van der Waals surface area (Å²) in [6.07, 6.45) is 2.00. The Kier molecular flexibility index (Phi) is 2.54. The summed E-state index contributed by atoms with van der Waals surface area (Å²) in [5, 5.41) is 9.01. The van der Waals surface area contributed by atoms with Crippen LogP contribution in [0.5, 0.6) is 0 Å². The van der Waals surface area contributed by atoms with Crippen molar-refractivity contribution in [1.82, 2.24) is 10.2 Å². The molecule has 0 aliphatic heterocycles. The van der Waals surface area contributed by atoms with Gasteiger partial charge in [-0.3, -0.25) is 5.10 Å². The van der Waals surface area contributed by atoms with Gasteiger partial charge < -0.3 is 5.73 Å². The van der Waals surface area contributed by atoms with Crippen molar-refractivity contribution in [2.75, 3.05) is 5.73 Å². The normalized spacial score (nSPS) is 10.6. The van der Waals surface area contributed by atoms with Gasteiger partial charge in [0.2, 0.25) is 0 Å². The highest BCUT2D eigenvalue weighted by Crippen LogP contribution is 2.16.